The molecule has 1 unspecified atom stereocenters. The second kappa shape index (κ2) is 5.30. The minimum Gasteiger partial charge on any atom is -0.361 e. The van der Waals surface area contributed by atoms with Crippen molar-refractivity contribution in [2.24, 2.45) is 5.73 Å². The van der Waals surface area contributed by atoms with Crippen LogP contribution in [-0.2, 0) is 0 Å². The largest absolute Gasteiger partial charge is 0.361 e. The fraction of sp³-hybridized carbons (Fsp3) is 0.111. The number of aromatic nitrogens is 2. The van der Waals surface area contributed by atoms with E-state index in [1.54, 1.807) is 0 Å². The molecular formula is C18H16BrN3. The third kappa shape index (κ3) is 2.16. The highest BCUT2D eigenvalue weighted by atomic mass is 79.9. The van der Waals surface area contributed by atoms with E-state index in [-0.39, 0.29) is 5.92 Å². The molecule has 22 heavy (non-hydrogen) atoms. The minimum absolute atomic E-state index is 0.155. The Morgan fingerprint density at radius 1 is 1.05 bits per heavy atom. The first-order chi connectivity index (χ1) is 10.8. The van der Waals surface area contributed by atoms with Gasteiger partial charge < -0.3 is 15.7 Å². The Morgan fingerprint density at radius 2 is 1.91 bits per heavy atom. The van der Waals surface area contributed by atoms with Crippen molar-refractivity contribution in [1.29, 1.82) is 0 Å². The molecule has 110 valence electrons. The van der Waals surface area contributed by atoms with Crippen molar-refractivity contribution in [3.63, 3.8) is 0 Å². The average molecular weight is 354 g/mol. The highest BCUT2D eigenvalue weighted by Crippen LogP contribution is 2.32. The average Bonchev–Trinajstić information content (AvgIpc) is 3.12. The topological polar surface area (TPSA) is 57.6 Å². The summed E-state index contributed by atoms with van der Waals surface area (Å²) in [6.45, 7) is 0.565. The Kier molecular flexibility index (Phi) is 3.28. The number of rotatable bonds is 3. The van der Waals surface area contributed by atoms with Gasteiger partial charge in [-0.05, 0) is 35.2 Å². The fourth-order valence-corrected chi connectivity index (χ4v) is 3.48. The molecule has 2 aromatic carbocycles. The molecule has 0 aliphatic rings. The number of H-pyrrole nitrogens is 2. The molecule has 0 aliphatic heterocycles. The molecular weight excluding hydrogens is 338 g/mol. The first-order valence-corrected chi connectivity index (χ1v) is 8.10. The van der Waals surface area contributed by atoms with E-state index in [1.807, 2.05) is 6.07 Å². The van der Waals surface area contributed by atoms with Gasteiger partial charge in [-0.25, -0.2) is 0 Å². The molecule has 0 radical (unpaired) electrons. The fourth-order valence-electron chi connectivity index (χ4n) is 3.11. The lowest BCUT2D eigenvalue weighted by atomic mass is 9.95. The van der Waals surface area contributed by atoms with Crippen LogP contribution in [0.25, 0.3) is 21.8 Å². The molecule has 4 rings (SSSR count). The van der Waals surface area contributed by atoms with Gasteiger partial charge in [0, 0.05) is 45.2 Å². The van der Waals surface area contributed by atoms with Gasteiger partial charge in [-0.1, -0.05) is 40.2 Å². The lowest BCUT2D eigenvalue weighted by Gasteiger charge is -2.12. The number of halogens is 1. The van der Waals surface area contributed by atoms with Crippen LogP contribution in [0, 0.1) is 0 Å². The van der Waals surface area contributed by atoms with Gasteiger partial charge in [0.15, 0.2) is 0 Å². The third-order valence-electron chi connectivity index (χ3n) is 4.21. The van der Waals surface area contributed by atoms with Crippen LogP contribution in [0.5, 0.6) is 0 Å². The number of aromatic amines is 2. The molecule has 4 N–H and O–H groups in total. The van der Waals surface area contributed by atoms with E-state index in [2.05, 4.69) is 74.6 Å². The lowest BCUT2D eigenvalue weighted by molar-refractivity contribution is 0.803. The SMILES string of the molecule is NCC(c1cc2ccccc2[nH]1)c1c[nH]c2cc(Br)ccc12. The van der Waals surface area contributed by atoms with E-state index in [0.717, 1.165) is 21.2 Å². The van der Waals surface area contributed by atoms with Crippen molar-refractivity contribution in [3.05, 3.63) is 70.5 Å². The number of fused-ring (bicyclic) bond motifs is 2. The van der Waals surface area contributed by atoms with Crippen LogP contribution in [0.2, 0.25) is 0 Å². The van der Waals surface area contributed by atoms with Crippen LogP contribution in [0.4, 0.5) is 0 Å². The van der Waals surface area contributed by atoms with Crippen LogP contribution in [0.15, 0.2) is 59.2 Å². The van der Waals surface area contributed by atoms with Gasteiger partial charge in [0.25, 0.3) is 0 Å². The van der Waals surface area contributed by atoms with Gasteiger partial charge in [0.1, 0.15) is 0 Å². The Balaban J connectivity index is 1.86. The van der Waals surface area contributed by atoms with E-state index in [0.29, 0.717) is 6.54 Å². The summed E-state index contributed by atoms with van der Waals surface area (Å²) in [7, 11) is 0. The van der Waals surface area contributed by atoms with Crippen LogP contribution in [0.3, 0.4) is 0 Å². The molecule has 4 heteroatoms. The molecule has 0 fully saturated rings. The Hall–Kier alpha value is -2.04. The molecule has 0 saturated heterocycles. The Morgan fingerprint density at radius 3 is 2.73 bits per heavy atom. The van der Waals surface area contributed by atoms with Gasteiger partial charge in [0.2, 0.25) is 0 Å². The number of hydrogen-bond acceptors (Lipinski definition) is 1. The molecule has 2 heterocycles. The first-order valence-electron chi connectivity index (χ1n) is 7.30. The summed E-state index contributed by atoms with van der Waals surface area (Å²) in [6.07, 6.45) is 2.07. The second-order valence-corrected chi connectivity index (χ2v) is 6.45. The maximum atomic E-state index is 6.10. The van der Waals surface area contributed by atoms with Crippen molar-refractivity contribution >= 4 is 37.7 Å². The summed E-state index contributed by atoms with van der Waals surface area (Å²) in [4.78, 5) is 6.86. The van der Waals surface area contributed by atoms with Crippen LogP contribution >= 0.6 is 15.9 Å². The minimum atomic E-state index is 0.155. The van der Waals surface area contributed by atoms with Crippen LogP contribution in [-0.4, -0.2) is 16.5 Å². The standard InChI is InChI=1S/C18H16BrN3/c19-12-5-6-13-15(10-21-17(13)8-12)14(9-20)18-7-11-3-1-2-4-16(11)22-18/h1-8,10,14,21-22H,9,20H2. The molecule has 0 aliphatic carbocycles. The zero-order chi connectivity index (χ0) is 15.1. The summed E-state index contributed by atoms with van der Waals surface area (Å²) in [6, 6.07) is 16.8. The van der Waals surface area contributed by atoms with Gasteiger partial charge in [-0.2, -0.15) is 0 Å². The molecule has 3 nitrogen and oxygen atoms in total. The number of hydrogen-bond donors (Lipinski definition) is 3. The van der Waals surface area contributed by atoms with Crippen molar-refractivity contribution in [3.8, 4) is 0 Å². The van der Waals surface area contributed by atoms with E-state index in [4.69, 9.17) is 5.73 Å². The van der Waals surface area contributed by atoms with E-state index >= 15 is 0 Å². The number of para-hydroxylation sites is 1. The van der Waals surface area contributed by atoms with Gasteiger partial charge in [-0.15, -0.1) is 0 Å². The maximum absolute atomic E-state index is 6.10. The smallest absolute Gasteiger partial charge is 0.0468 e. The highest BCUT2D eigenvalue weighted by molar-refractivity contribution is 9.10. The molecule has 4 aromatic rings. The molecule has 2 aromatic heterocycles. The highest BCUT2D eigenvalue weighted by Gasteiger charge is 2.18. The van der Waals surface area contributed by atoms with Crippen molar-refractivity contribution in [2.75, 3.05) is 6.54 Å². The Labute approximate surface area is 136 Å². The predicted octanol–water partition coefficient (Wildman–Crippen LogP) is 4.50. The van der Waals surface area contributed by atoms with Crippen molar-refractivity contribution in [2.45, 2.75) is 5.92 Å². The second-order valence-electron chi connectivity index (χ2n) is 5.53. The third-order valence-corrected chi connectivity index (χ3v) is 4.71. The van der Waals surface area contributed by atoms with Crippen LogP contribution < -0.4 is 5.73 Å². The molecule has 0 amide bonds. The molecule has 0 spiro atoms. The molecule has 0 bridgehead atoms. The molecule has 1 atom stereocenters. The first kappa shape index (κ1) is 13.6. The quantitative estimate of drug-likeness (QED) is 0.498. The zero-order valence-electron chi connectivity index (χ0n) is 11.9. The van der Waals surface area contributed by atoms with Crippen molar-refractivity contribution < 1.29 is 0 Å². The monoisotopic (exact) mass is 353 g/mol. The van der Waals surface area contributed by atoms with Crippen molar-refractivity contribution in [1.82, 2.24) is 9.97 Å². The van der Waals surface area contributed by atoms with Gasteiger partial charge >= 0.3 is 0 Å². The maximum Gasteiger partial charge on any atom is 0.0468 e. The summed E-state index contributed by atoms with van der Waals surface area (Å²) in [5.74, 6) is 0.155. The number of nitrogens with two attached hydrogens (primary N) is 1. The summed E-state index contributed by atoms with van der Waals surface area (Å²) >= 11 is 3.51. The van der Waals surface area contributed by atoms with Gasteiger partial charge in [-0.3, -0.25) is 0 Å². The van der Waals surface area contributed by atoms with Gasteiger partial charge in [0.05, 0.1) is 0 Å². The van der Waals surface area contributed by atoms with E-state index in [1.165, 1.54) is 16.3 Å². The van der Waals surface area contributed by atoms with Crippen LogP contribution in [0.1, 0.15) is 17.2 Å². The number of benzene rings is 2. The predicted molar refractivity (Wildman–Crippen MR) is 95.2 cm³/mol. The summed E-state index contributed by atoms with van der Waals surface area (Å²) < 4.78 is 1.07. The van der Waals surface area contributed by atoms with E-state index < -0.39 is 0 Å². The zero-order valence-corrected chi connectivity index (χ0v) is 13.5. The molecule has 0 saturated carbocycles. The summed E-state index contributed by atoms with van der Waals surface area (Å²) in [5.41, 5.74) is 10.8. The summed E-state index contributed by atoms with van der Waals surface area (Å²) in [5, 5.41) is 2.44. The van der Waals surface area contributed by atoms with E-state index in [9.17, 15) is 0 Å². The lowest BCUT2D eigenvalue weighted by Crippen LogP contribution is -2.13. The normalized spacial score (nSPS) is 13.0. The Bertz CT molecular complexity index is 918. The number of nitrogens with one attached hydrogen (secondary N) is 2.